The van der Waals surface area contributed by atoms with Gasteiger partial charge in [0, 0.05) is 6.42 Å². The van der Waals surface area contributed by atoms with E-state index in [4.69, 9.17) is 0 Å². The molecule has 0 aromatic heterocycles. The predicted octanol–water partition coefficient (Wildman–Crippen LogP) is 2.76. The van der Waals surface area contributed by atoms with Crippen molar-refractivity contribution < 1.29 is 5.11 Å². The molecule has 0 amide bonds. The minimum absolute atomic E-state index is 0.440. The van der Waals surface area contributed by atoms with Gasteiger partial charge in [0.15, 0.2) is 0 Å². The van der Waals surface area contributed by atoms with Crippen LogP contribution in [0.1, 0.15) is 17.2 Å². The predicted molar refractivity (Wildman–Crippen MR) is 60.4 cm³/mol. The monoisotopic (exact) mass is 197 g/mol. The van der Waals surface area contributed by atoms with E-state index in [1.54, 1.807) is 0 Å². The van der Waals surface area contributed by atoms with Crippen LogP contribution in [-0.2, 0) is 6.42 Å². The summed E-state index contributed by atoms with van der Waals surface area (Å²) in [4.78, 5) is 0. The van der Waals surface area contributed by atoms with E-state index in [1.807, 2.05) is 54.6 Å². The molecule has 1 radical (unpaired) electrons. The van der Waals surface area contributed by atoms with Crippen molar-refractivity contribution in [1.82, 2.24) is 0 Å². The lowest BCUT2D eigenvalue weighted by Crippen LogP contribution is -2.01. The fourth-order valence-electron chi connectivity index (χ4n) is 1.56. The van der Waals surface area contributed by atoms with E-state index >= 15 is 0 Å². The summed E-state index contributed by atoms with van der Waals surface area (Å²) >= 11 is 0. The van der Waals surface area contributed by atoms with Crippen LogP contribution in [0.2, 0.25) is 0 Å². The molecule has 0 bridgehead atoms. The molecule has 0 fully saturated rings. The van der Waals surface area contributed by atoms with Gasteiger partial charge in [-0.15, -0.1) is 0 Å². The third kappa shape index (κ3) is 2.67. The van der Waals surface area contributed by atoms with Crippen molar-refractivity contribution in [3.05, 3.63) is 71.8 Å². The zero-order valence-electron chi connectivity index (χ0n) is 8.43. The standard InChI is InChI=1S/C14H13O/c15-14(13-9-5-2-6-10-13)11-12-7-3-1-4-8-12/h1-7,9-10,14-15H,11H2. The van der Waals surface area contributed by atoms with Crippen LogP contribution < -0.4 is 0 Å². The first-order valence-corrected chi connectivity index (χ1v) is 5.05. The fourth-order valence-corrected chi connectivity index (χ4v) is 1.56. The number of aliphatic hydroxyl groups excluding tert-OH is 1. The van der Waals surface area contributed by atoms with Crippen molar-refractivity contribution in [3.63, 3.8) is 0 Å². The van der Waals surface area contributed by atoms with E-state index in [-0.39, 0.29) is 0 Å². The van der Waals surface area contributed by atoms with Crippen LogP contribution in [0.25, 0.3) is 0 Å². The highest BCUT2D eigenvalue weighted by Crippen LogP contribution is 2.17. The van der Waals surface area contributed by atoms with Crippen molar-refractivity contribution in [1.29, 1.82) is 0 Å². The van der Waals surface area contributed by atoms with Crippen molar-refractivity contribution in [2.24, 2.45) is 0 Å². The first kappa shape index (κ1) is 9.94. The van der Waals surface area contributed by atoms with Crippen molar-refractivity contribution in [3.8, 4) is 0 Å². The molecule has 1 N–H and O–H groups in total. The lowest BCUT2D eigenvalue weighted by atomic mass is 10.0. The minimum atomic E-state index is -0.440. The molecule has 0 aliphatic heterocycles. The third-order valence-electron chi connectivity index (χ3n) is 2.37. The minimum Gasteiger partial charge on any atom is -0.388 e. The van der Waals surface area contributed by atoms with Gasteiger partial charge >= 0.3 is 0 Å². The Morgan fingerprint density at radius 1 is 1.00 bits per heavy atom. The summed E-state index contributed by atoms with van der Waals surface area (Å²) in [7, 11) is 0. The smallest absolute Gasteiger partial charge is 0.0830 e. The summed E-state index contributed by atoms with van der Waals surface area (Å²) in [6.07, 6.45) is 0.176. The molecule has 15 heavy (non-hydrogen) atoms. The van der Waals surface area contributed by atoms with Gasteiger partial charge in [-0.1, -0.05) is 54.6 Å². The molecule has 2 rings (SSSR count). The maximum absolute atomic E-state index is 9.95. The number of benzene rings is 2. The molecule has 0 aliphatic rings. The molecule has 2 aromatic rings. The zero-order valence-corrected chi connectivity index (χ0v) is 8.43. The number of rotatable bonds is 3. The van der Waals surface area contributed by atoms with Crippen LogP contribution >= 0.6 is 0 Å². The Kier molecular flexibility index (Phi) is 3.15. The Morgan fingerprint density at radius 2 is 1.73 bits per heavy atom. The summed E-state index contributed by atoms with van der Waals surface area (Å²) in [5.74, 6) is 0. The Balaban J connectivity index is 2.08. The summed E-state index contributed by atoms with van der Waals surface area (Å²) in [5, 5.41) is 9.95. The molecule has 0 aliphatic carbocycles. The topological polar surface area (TPSA) is 20.2 Å². The van der Waals surface area contributed by atoms with Gasteiger partial charge in [0.1, 0.15) is 0 Å². The molecular weight excluding hydrogens is 184 g/mol. The second-order valence-electron chi connectivity index (χ2n) is 3.52. The maximum Gasteiger partial charge on any atom is 0.0830 e. The second-order valence-corrected chi connectivity index (χ2v) is 3.52. The molecule has 1 atom stereocenters. The van der Waals surface area contributed by atoms with Crippen LogP contribution in [0.15, 0.2) is 54.6 Å². The van der Waals surface area contributed by atoms with Crippen LogP contribution in [0.3, 0.4) is 0 Å². The highest BCUT2D eigenvalue weighted by atomic mass is 16.3. The maximum atomic E-state index is 9.95. The summed E-state index contributed by atoms with van der Waals surface area (Å²) in [6, 6.07) is 20.5. The van der Waals surface area contributed by atoms with E-state index in [2.05, 4.69) is 6.07 Å². The van der Waals surface area contributed by atoms with Gasteiger partial charge in [0.2, 0.25) is 0 Å². The van der Waals surface area contributed by atoms with Gasteiger partial charge in [-0.2, -0.15) is 0 Å². The van der Waals surface area contributed by atoms with E-state index in [9.17, 15) is 5.11 Å². The molecular formula is C14H13O. The number of aliphatic hydroxyl groups is 1. The van der Waals surface area contributed by atoms with Gasteiger partial charge in [0.05, 0.1) is 6.10 Å². The van der Waals surface area contributed by atoms with Gasteiger partial charge in [-0.25, -0.2) is 0 Å². The first-order chi connectivity index (χ1) is 7.36. The van der Waals surface area contributed by atoms with Crippen LogP contribution in [0.5, 0.6) is 0 Å². The molecule has 75 valence electrons. The number of hydrogen-bond donors (Lipinski definition) is 1. The van der Waals surface area contributed by atoms with Gasteiger partial charge < -0.3 is 5.11 Å². The highest BCUT2D eigenvalue weighted by Gasteiger charge is 2.07. The number of hydrogen-bond acceptors (Lipinski definition) is 1. The molecule has 0 spiro atoms. The average Bonchev–Trinajstić information content (AvgIpc) is 2.31. The molecule has 1 nitrogen and oxygen atoms in total. The molecule has 0 heterocycles. The van der Waals surface area contributed by atoms with Gasteiger partial charge in [-0.05, 0) is 17.2 Å². The third-order valence-corrected chi connectivity index (χ3v) is 2.37. The summed E-state index contributed by atoms with van der Waals surface area (Å²) < 4.78 is 0. The molecule has 2 aromatic carbocycles. The van der Waals surface area contributed by atoms with Gasteiger partial charge in [0.25, 0.3) is 0 Å². The second kappa shape index (κ2) is 4.76. The average molecular weight is 197 g/mol. The Labute approximate surface area is 90.0 Å². The van der Waals surface area contributed by atoms with Crippen molar-refractivity contribution >= 4 is 0 Å². The Bertz CT molecular complexity index is 394. The molecule has 0 saturated heterocycles. The van der Waals surface area contributed by atoms with Crippen LogP contribution in [-0.4, -0.2) is 5.11 Å². The van der Waals surface area contributed by atoms with E-state index < -0.39 is 6.10 Å². The summed E-state index contributed by atoms with van der Waals surface area (Å²) in [6.45, 7) is 0. The lowest BCUT2D eigenvalue weighted by Gasteiger charge is -2.10. The normalized spacial score (nSPS) is 12.3. The first-order valence-electron chi connectivity index (χ1n) is 5.05. The molecule has 0 saturated carbocycles. The van der Waals surface area contributed by atoms with Crippen molar-refractivity contribution in [2.45, 2.75) is 12.5 Å². The fraction of sp³-hybridized carbons (Fsp3) is 0.143. The summed E-state index contributed by atoms with van der Waals surface area (Å²) in [5.41, 5.74) is 1.99. The molecule has 1 heteroatoms. The van der Waals surface area contributed by atoms with Gasteiger partial charge in [-0.3, -0.25) is 0 Å². The zero-order chi connectivity index (χ0) is 10.5. The quantitative estimate of drug-likeness (QED) is 0.802. The van der Waals surface area contributed by atoms with Crippen LogP contribution in [0.4, 0.5) is 0 Å². The van der Waals surface area contributed by atoms with Crippen molar-refractivity contribution in [2.75, 3.05) is 0 Å². The van der Waals surface area contributed by atoms with Crippen LogP contribution in [0, 0.1) is 6.07 Å². The largest absolute Gasteiger partial charge is 0.388 e. The van der Waals surface area contributed by atoms with E-state index in [0.29, 0.717) is 6.42 Å². The van der Waals surface area contributed by atoms with E-state index in [1.165, 1.54) is 0 Å². The molecule has 1 unspecified atom stereocenters. The SMILES string of the molecule is OC(Cc1[c]cccc1)c1ccccc1. The lowest BCUT2D eigenvalue weighted by molar-refractivity contribution is 0.178. The van der Waals surface area contributed by atoms with E-state index in [0.717, 1.165) is 11.1 Å². The Morgan fingerprint density at radius 3 is 2.40 bits per heavy atom. The Hall–Kier alpha value is -1.60. The highest BCUT2D eigenvalue weighted by molar-refractivity contribution is 5.21.